The second kappa shape index (κ2) is 6.42. The molecule has 1 aliphatic heterocycles. The van der Waals surface area contributed by atoms with Gasteiger partial charge in [-0.3, -0.25) is 4.79 Å². The second-order valence-corrected chi connectivity index (χ2v) is 4.74. The van der Waals surface area contributed by atoms with Crippen LogP contribution in [0.15, 0.2) is 34.5 Å². The summed E-state index contributed by atoms with van der Waals surface area (Å²) in [5, 5.41) is 10.6. The van der Waals surface area contributed by atoms with Crippen LogP contribution in [0.4, 0.5) is 8.78 Å². The highest BCUT2D eigenvalue weighted by atomic mass is 32.2. The van der Waals surface area contributed by atoms with Gasteiger partial charge in [0, 0.05) is 6.42 Å². The third kappa shape index (κ3) is 4.13. The van der Waals surface area contributed by atoms with Gasteiger partial charge in [0.2, 0.25) is 12.3 Å². The van der Waals surface area contributed by atoms with Crippen LogP contribution in [0, 0.1) is 0 Å². The van der Waals surface area contributed by atoms with Gasteiger partial charge in [-0.15, -0.1) is 5.10 Å². The molecule has 0 unspecified atom stereocenters. The number of carbonyl (C=O) groups excluding carboxylic acids is 1. The molecule has 0 bridgehead atoms. The first kappa shape index (κ1) is 13.7. The van der Waals surface area contributed by atoms with E-state index >= 15 is 0 Å². The minimum atomic E-state index is -2.40. The molecule has 4 nitrogen and oxygen atoms in total. The van der Waals surface area contributed by atoms with Crippen molar-refractivity contribution in [2.75, 3.05) is 5.75 Å². The van der Waals surface area contributed by atoms with Gasteiger partial charge in [0.25, 0.3) is 0 Å². The number of amides is 1. The predicted molar refractivity (Wildman–Crippen MR) is 71.8 cm³/mol. The van der Waals surface area contributed by atoms with Gasteiger partial charge in [-0.25, -0.2) is 8.78 Å². The van der Waals surface area contributed by atoms with Gasteiger partial charge in [-0.1, -0.05) is 36.0 Å². The van der Waals surface area contributed by atoms with E-state index in [1.54, 1.807) is 24.3 Å². The van der Waals surface area contributed by atoms with E-state index in [0.717, 1.165) is 0 Å². The van der Waals surface area contributed by atoms with Gasteiger partial charge in [0.05, 0.1) is 12.0 Å². The van der Waals surface area contributed by atoms with Crippen molar-refractivity contribution in [2.24, 2.45) is 10.2 Å². The van der Waals surface area contributed by atoms with Gasteiger partial charge >= 0.3 is 0 Å². The molecule has 0 aliphatic carbocycles. The molecule has 0 spiro atoms. The molecule has 1 heterocycles. The second-order valence-electron chi connectivity index (χ2n) is 3.78. The largest absolute Gasteiger partial charge is 0.303 e. The topological polar surface area (TPSA) is 53.8 Å². The highest BCUT2D eigenvalue weighted by Crippen LogP contribution is 2.12. The molecule has 0 atom stereocenters. The summed E-state index contributed by atoms with van der Waals surface area (Å²) in [6, 6.07) is 6.78. The van der Waals surface area contributed by atoms with E-state index in [2.05, 4.69) is 15.5 Å². The maximum absolute atomic E-state index is 12.4. The molecule has 19 heavy (non-hydrogen) atoms. The summed E-state index contributed by atoms with van der Waals surface area (Å²) in [5.74, 6) is 0.216. The van der Waals surface area contributed by atoms with E-state index < -0.39 is 6.43 Å². The summed E-state index contributed by atoms with van der Waals surface area (Å²) < 4.78 is 24.8. The smallest absolute Gasteiger partial charge is 0.242 e. The van der Waals surface area contributed by atoms with E-state index in [-0.39, 0.29) is 12.3 Å². The zero-order valence-corrected chi connectivity index (χ0v) is 10.7. The molecule has 1 saturated heterocycles. The first-order valence-electron chi connectivity index (χ1n) is 5.55. The van der Waals surface area contributed by atoms with E-state index in [1.807, 2.05) is 0 Å². The van der Waals surface area contributed by atoms with Crippen LogP contribution in [0.3, 0.4) is 0 Å². The predicted octanol–water partition coefficient (Wildman–Crippen LogP) is 2.05. The van der Waals surface area contributed by atoms with Crippen molar-refractivity contribution < 1.29 is 13.6 Å². The summed E-state index contributed by atoms with van der Waals surface area (Å²) in [5.41, 5.74) is 1.12. The third-order valence-corrected chi connectivity index (χ3v) is 3.22. The van der Waals surface area contributed by atoms with Crippen LogP contribution in [0.2, 0.25) is 0 Å². The van der Waals surface area contributed by atoms with Gasteiger partial charge in [0.15, 0.2) is 5.17 Å². The summed E-state index contributed by atoms with van der Waals surface area (Å²) in [6.45, 7) is 0. The number of rotatable bonds is 4. The van der Waals surface area contributed by atoms with Crippen molar-refractivity contribution in [2.45, 2.75) is 12.8 Å². The number of carbonyl (C=O) groups is 1. The first-order chi connectivity index (χ1) is 9.15. The fourth-order valence-electron chi connectivity index (χ4n) is 1.53. The number of hydrogen-bond acceptors (Lipinski definition) is 4. The maximum Gasteiger partial charge on any atom is 0.242 e. The van der Waals surface area contributed by atoms with Crippen LogP contribution in [0.25, 0.3) is 0 Å². The Morgan fingerprint density at radius 2 is 2.21 bits per heavy atom. The molecular weight excluding hydrogens is 272 g/mol. The Balaban J connectivity index is 2.08. The Morgan fingerprint density at radius 3 is 2.89 bits per heavy atom. The molecule has 0 radical (unpaired) electrons. The van der Waals surface area contributed by atoms with Crippen molar-refractivity contribution in [1.29, 1.82) is 0 Å². The van der Waals surface area contributed by atoms with Crippen LogP contribution in [0.5, 0.6) is 0 Å². The standard InChI is InChI=1S/C12H11F2N3OS/c13-10(14)5-8-3-1-2-4-9(8)6-15-17-12-16-11(18)7-19-12/h1-4,6,10H,5,7H2,(H,16,17,18). The van der Waals surface area contributed by atoms with Crippen molar-refractivity contribution in [3.63, 3.8) is 0 Å². The molecule has 1 aromatic carbocycles. The molecule has 100 valence electrons. The number of benzene rings is 1. The van der Waals surface area contributed by atoms with Crippen molar-refractivity contribution in [3.05, 3.63) is 35.4 Å². The zero-order valence-electron chi connectivity index (χ0n) is 9.85. The van der Waals surface area contributed by atoms with Crippen LogP contribution < -0.4 is 5.32 Å². The van der Waals surface area contributed by atoms with E-state index in [0.29, 0.717) is 22.0 Å². The van der Waals surface area contributed by atoms with Gasteiger partial charge in [0.1, 0.15) is 0 Å². The summed E-state index contributed by atoms with van der Waals surface area (Å²) in [6.07, 6.45) is -1.30. The number of thioether (sulfide) groups is 1. The maximum atomic E-state index is 12.4. The highest BCUT2D eigenvalue weighted by Gasteiger charge is 2.16. The Morgan fingerprint density at radius 1 is 1.42 bits per heavy atom. The molecule has 1 aromatic rings. The SMILES string of the molecule is O=C1CSC(=NN=Cc2ccccc2CC(F)F)N1. The zero-order chi connectivity index (χ0) is 13.7. The molecule has 0 aromatic heterocycles. The summed E-state index contributed by atoms with van der Waals surface area (Å²) in [4.78, 5) is 10.9. The molecule has 7 heteroatoms. The fourth-order valence-corrected chi connectivity index (χ4v) is 2.17. The van der Waals surface area contributed by atoms with Crippen molar-refractivity contribution in [3.8, 4) is 0 Å². The van der Waals surface area contributed by atoms with Gasteiger partial charge in [-0.05, 0) is 11.1 Å². The van der Waals surface area contributed by atoms with Crippen LogP contribution in [-0.4, -0.2) is 29.5 Å². The Bertz CT molecular complexity index is 531. The third-order valence-electron chi connectivity index (χ3n) is 2.36. The van der Waals surface area contributed by atoms with Gasteiger partial charge in [-0.2, -0.15) is 5.10 Å². The quantitative estimate of drug-likeness (QED) is 0.679. The average Bonchev–Trinajstić information content (AvgIpc) is 2.77. The van der Waals surface area contributed by atoms with E-state index in [1.165, 1.54) is 18.0 Å². The molecule has 1 N–H and O–H groups in total. The van der Waals surface area contributed by atoms with Crippen molar-refractivity contribution >= 4 is 29.1 Å². The summed E-state index contributed by atoms with van der Waals surface area (Å²) >= 11 is 1.26. The van der Waals surface area contributed by atoms with E-state index in [9.17, 15) is 13.6 Å². The lowest BCUT2D eigenvalue weighted by molar-refractivity contribution is -0.116. The molecule has 1 aliphatic rings. The minimum Gasteiger partial charge on any atom is -0.303 e. The van der Waals surface area contributed by atoms with Gasteiger partial charge < -0.3 is 5.32 Å². The lowest BCUT2D eigenvalue weighted by Gasteiger charge is -2.03. The Labute approximate surface area is 113 Å². The number of nitrogens with one attached hydrogen (secondary N) is 1. The number of halogens is 2. The molecule has 2 rings (SSSR count). The molecular formula is C12H11F2N3OS. The average molecular weight is 283 g/mol. The first-order valence-corrected chi connectivity index (χ1v) is 6.53. The normalized spacial score (nSPS) is 17.6. The molecule has 0 saturated carbocycles. The fraction of sp³-hybridized carbons (Fsp3) is 0.250. The highest BCUT2D eigenvalue weighted by molar-refractivity contribution is 8.15. The molecule has 1 fully saturated rings. The monoisotopic (exact) mass is 283 g/mol. The van der Waals surface area contributed by atoms with Crippen LogP contribution in [-0.2, 0) is 11.2 Å². The number of hydrogen-bond donors (Lipinski definition) is 1. The molecule has 1 amide bonds. The Hall–Kier alpha value is -1.76. The van der Waals surface area contributed by atoms with Crippen LogP contribution in [0.1, 0.15) is 11.1 Å². The van der Waals surface area contributed by atoms with Crippen LogP contribution >= 0.6 is 11.8 Å². The number of amidine groups is 1. The summed E-state index contributed by atoms with van der Waals surface area (Å²) in [7, 11) is 0. The Kier molecular flexibility index (Phi) is 4.62. The van der Waals surface area contributed by atoms with Crippen molar-refractivity contribution in [1.82, 2.24) is 5.32 Å². The number of alkyl halides is 2. The minimum absolute atomic E-state index is 0.114. The number of nitrogens with zero attached hydrogens (tertiary/aromatic N) is 2. The lowest BCUT2D eigenvalue weighted by Crippen LogP contribution is -2.19. The lowest BCUT2D eigenvalue weighted by atomic mass is 10.1. The van der Waals surface area contributed by atoms with E-state index in [4.69, 9.17) is 0 Å².